The lowest BCUT2D eigenvalue weighted by molar-refractivity contribution is 0.560. The van der Waals surface area contributed by atoms with Crippen LogP contribution in [0, 0.1) is 97.8 Å². The molecule has 9 rings (SSSR count). The van der Waals surface area contributed by atoms with Gasteiger partial charge in [0.2, 0.25) is 0 Å². The van der Waals surface area contributed by atoms with Gasteiger partial charge in [0, 0.05) is 43.0 Å². The molecular weight excluding hydrogens is 739 g/mol. The molecule has 0 saturated heterocycles. The molecule has 0 fully saturated rings. The SMILES string of the molecule is Cc1nc2c(C#Cc3ccc(C)c(C)c3)cccc2o1.Cc1nc2ccc(C#Cc3ccc(C)c(C)c3)cc2o1.Cc1nc2cccc(C#Cc3ccc(C)c(C)c3)c2o1. The number of aromatic nitrogens is 3. The average molecular weight is 784 g/mol. The Morgan fingerprint density at radius 2 is 0.800 bits per heavy atom. The Balaban J connectivity index is 0.000000136. The minimum Gasteiger partial charge on any atom is -0.441 e. The van der Waals surface area contributed by atoms with Gasteiger partial charge in [-0.1, -0.05) is 65.9 Å². The van der Waals surface area contributed by atoms with Gasteiger partial charge in [-0.05, 0) is 154 Å². The number of aryl methyl sites for hydroxylation is 9. The fourth-order valence-corrected chi connectivity index (χ4v) is 6.32. The molecule has 0 saturated carbocycles. The molecular formula is C54H45N3O3. The maximum absolute atomic E-state index is 5.62. The lowest BCUT2D eigenvalue weighted by Gasteiger charge is -1.98. The monoisotopic (exact) mass is 783 g/mol. The highest BCUT2D eigenvalue weighted by Gasteiger charge is 2.07. The van der Waals surface area contributed by atoms with Crippen LogP contribution in [0.4, 0.5) is 0 Å². The molecule has 3 aromatic heterocycles. The predicted molar refractivity (Wildman–Crippen MR) is 242 cm³/mol. The van der Waals surface area contributed by atoms with Gasteiger partial charge in [-0.3, -0.25) is 0 Å². The second-order valence-electron chi connectivity index (χ2n) is 14.8. The van der Waals surface area contributed by atoms with Crippen molar-refractivity contribution >= 4 is 33.3 Å². The van der Waals surface area contributed by atoms with Crippen LogP contribution < -0.4 is 0 Å². The standard InChI is InChI=1S/3C18H15NO/c1-12-4-5-15(10-13(12)2)6-7-16-8-9-17-18(11-16)20-14(3)19-17;1-12-7-8-15(11-13(12)2)9-10-16-5-4-6-17-18(16)19-14(3)20-17;1-12-7-8-15(11-13(12)2)9-10-16-5-4-6-17-18(16)20-14(3)19-17/h4-5,8-11H,1-3H3;2*4-8,11H,1-3H3. The molecule has 6 heteroatoms. The summed E-state index contributed by atoms with van der Waals surface area (Å²) in [7, 11) is 0. The molecule has 9 aromatic rings. The van der Waals surface area contributed by atoms with Crippen molar-refractivity contribution in [2.45, 2.75) is 62.3 Å². The van der Waals surface area contributed by atoms with E-state index in [2.05, 4.69) is 128 Å². The van der Waals surface area contributed by atoms with Crippen LogP contribution in [-0.4, -0.2) is 15.0 Å². The van der Waals surface area contributed by atoms with Crippen molar-refractivity contribution in [3.63, 3.8) is 0 Å². The first-order valence-electron chi connectivity index (χ1n) is 19.8. The predicted octanol–water partition coefficient (Wildman–Crippen LogP) is 12.5. The third kappa shape index (κ3) is 9.92. The highest BCUT2D eigenvalue weighted by atomic mass is 16.4. The third-order valence-corrected chi connectivity index (χ3v) is 10.1. The average Bonchev–Trinajstić information content (AvgIpc) is 3.93. The normalized spacial score (nSPS) is 10.3. The van der Waals surface area contributed by atoms with Gasteiger partial charge >= 0.3 is 0 Å². The number of rotatable bonds is 0. The van der Waals surface area contributed by atoms with Gasteiger partial charge in [0.05, 0.1) is 11.1 Å². The van der Waals surface area contributed by atoms with E-state index in [4.69, 9.17) is 13.3 Å². The first kappa shape index (κ1) is 40.6. The Hall–Kier alpha value is -7.59. The summed E-state index contributed by atoms with van der Waals surface area (Å²) < 4.78 is 16.6. The summed E-state index contributed by atoms with van der Waals surface area (Å²) in [6.45, 7) is 18.2. The van der Waals surface area contributed by atoms with Crippen LogP contribution in [0.1, 0.15) is 84.4 Å². The molecule has 0 aliphatic rings. The first-order chi connectivity index (χ1) is 28.9. The maximum Gasteiger partial charge on any atom is 0.192 e. The van der Waals surface area contributed by atoms with Gasteiger partial charge in [-0.15, -0.1) is 0 Å². The summed E-state index contributed by atoms with van der Waals surface area (Å²) in [6.07, 6.45) is 0. The highest BCUT2D eigenvalue weighted by molar-refractivity contribution is 5.81. The lowest BCUT2D eigenvalue weighted by atomic mass is 10.1. The number of benzene rings is 6. The van der Waals surface area contributed by atoms with Crippen LogP contribution >= 0.6 is 0 Å². The zero-order valence-corrected chi connectivity index (χ0v) is 35.5. The van der Waals surface area contributed by atoms with Crippen LogP contribution in [0.5, 0.6) is 0 Å². The van der Waals surface area contributed by atoms with Crippen LogP contribution in [0.25, 0.3) is 33.3 Å². The van der Waals surface area contributed by atoms with Crippen molar-refractivity contribution in [1.29, 1.82) is 0 Å². The van der Waals surface area contributed by atoms with Crippen molar-refractivity contribution in [2.24, 2.45) is 0 Å². The molecule has 3 heterocycles. The van der Waals surface area contributed by atoms with Crippen molar-refractivity contribution < 1.29 is 13.3 Å². The Bertz CT molecular complexity index is 3090. The van der Waals surface area contributed by atoms with E-state index < -0.39 is 0 Å². The number of hydrogen-bond donors (Lipinski definition) is 0. The summed E-state index contributed by atoms with van der Waals surface area (Å²) in [5.74, 6) is 21.1. The topological polar surface area (TPSA) is 78.1 Å². The second kappa shape index (κ2) is 17.9. The first-order valence-corrected chi connectivity index (χ1v) is 19.8. The molecule has 6 aromatic carbocycles. The maximum atomic E-state index is 5.62. The number of para-hydroxylation sites is 2. The van der Waals surface area contributed by atoms with Crippen molar-refractivity contribution in [3.8, 4) is 35.5 Å². The minimum absolute atomic E-state index is 0.667. The Morgan fingerprint density at radius 1 is 0.350 bits per heavy atom. The second-order valence-corrected chi connectivity index (χ2v) is 14.8. The zero-order valence-electron chi connectivity index (χ0n) is 35.5. The molecule has 0 N–H and O–H groups in total. The molecule has 0 radical (unpaired) electrons. The van der Waals surface area contributed by atoms with E-state index in [0.717, 1.165) is 66.7 Å². The van der Waals surface area contributed by atoms with Crippen molar-refractivity contribution in [1.82, 2.24) is 15.0 Å². The Morgan fingerprint density at radius 3 is 1.40 bits per heavy atom. The summed E-state index contributed by atoms with van der Waals surface area (Å²) in [5.41, 5.74) is 18.3. The minimum atomic E-state index is 0.667. The van der Waals surface area contributed by atoms with E-state index in [1.807, 2.05) is 93.6 Å². The summed E-state index contributed by atoms with van der Waals surface area (Å²) in [6, 6.07) is 36.3. The molecule has 0 spiro atoms. The van der Waals surface area contributed by atoms with Crippen molar-refractivity contribution in [2.75, 3.05) is 0 Å². The third-order valence-electron chi connectivity index (χ3n) is 10.1. The van der Waals surface area contributed by atoms with Gasteiger partial charge in [0.1, 0.15) is 16.6 Å². The van der Waals surface area contributed by atoms with Gasteiger partial charge in [0.15, 0.2) is 34.4 Å². The van der Waals surface area contributed by atoms with Gasteiger partial charge in [0.25, 0.3) is 0 Å². The molecule has 0 atom stereocenters. The lowest BCUT2D eigenvalue weighted by Crippen LogP contribution is -1.83. The molecule has 60 heavy (non-hydrogen) atoms. The molecule has 6 nitrogen and oxygen atoms in total. The van der Waals surface area contributed by atoms with Gasteiger partial charge in [-0.25, -0.2) is 15.0 Å². The van der Waals surface area contributed by atoms with E-state index in [1.165, 1.54) is 33.4 Å². The largest absolute Gasteiger partial charge is 0.441 e. The summed E-state index contributed by atoms with van der Waals surface area (Å²) >= 11 is 0. The Labute approximate surface area is 351 Å². The van der Waals surface area contributed by atoms with E-state index in [1.54, 1.807) is 0 Å². The summed E-state index contributed by atoms with van der Waals surface area (Å²) in [4.78, 5) is 13.0. The Kier molecular flexibility index (Phi) is 12.1. The number of hydrogen-bond acceptors (Lipinski definition) is 6. The molecule has 0 aliphatic heterocycles. The quantitative estimate of drug-likeness (QED) is 0.143. The number of nitrogens with zero attached hydrogens (tertiary/aromatic N) is 3. The summed E-state index contributed by atoms with van der Waals surface area (Å²) in [5, 5.41) is 0. The zero-order chi connectivity index (χ0) is 42.3. The molecule has 0 aliphatic carbocycles. The highest BCUT2D eigenvalue weighted by Crippen LogP contribution is 2.21. The smallest absolute Gasteiger partial charge is 0.192 e. The van der Waals surface area contributed by atoms with Gasteiger partial charge < -0.3 is 13.3 Å². The molecule has 0 unspecified atom stereocenters. The fraction of sp³-hybridized carbons (Fsp3) is 0.167. The molecule has 0 amide bonds. The molecule has 294 valence electrons. The van der Waals surface area contributed by atoms with Crippen LogP contribution in [0.3, 0.4) is 0 Å². The fourth-order valence-electron chi connectivity index (χ4n) is 6.32. The van der Waals surface area contributed by atoms with Crippen LogP contribution in [0.15, 0.2) is 122 Å². The van der Waals surface area contributed by atoms with E-state index in [0.29, 0.717) is 17.7 Å². The van der Waals surface area contributed by atoms with Crippen LogP contribution in [-0.2, 0) is 0 Å². The number of fused-ring (bicyclic) bond motifs is 3. The van der Waals surface area contributed by atoms with Crippen molar-refractivity contribution in [3.05, 3.63) is 194 Å². The van der Waals surface area contributed by atoms with E-state index >= 15 is 0 Å². The van der Waals surface area contributed by atoms with Gasteiger partial charge in [-0.2, -0.15) is 0 Å². The van der Waals surface area contributed by atoms with E-state index in [-0.39, 0.29) is 0 Å². The number of oxazole rings is 3. The molecule has 0 bridgehead atoms. The van der Waals surface area contributed by atoms with Crippen LogP contribution in [0.2, 0.25) is 0 Å². The van der Waals surface area contributed by atoms with E-state index in [9.17, 15) is 0 Å².